The highest BCUT2D eigenvalue weighted by Crippen LogP contribution is 2.52. The van der Waals surface area contributed by atoms with Crippen LogP contribution >= 0.6 is 11.6 Å². The van der Waals surface area contributed by atoms with Gasteiger partial charge in [0, 0.05) is 12.7 Å². The third kappa shape index (κ3) is 2.17. The lowest BCUT2D eigenvalue weighted by Crippen LogP contribution is -2.41. The van der Waals surface area contributed by atoms with E-state index in [1.54, 1.807) is 4.68 Å². The van der Waals surface area contributed by atoms with Crippen molar-refractivity contribution in [1.82, 2.24) is 20.3 Å². The average molecular weight is 357 g/mol. The minimum absolute atomic E-state index is 0.0492. The topological polar surface area (TPSA) is 67.1 Å². The number of fused-ring (bicyclic) bond motifs is 2. The molecule has 25 heavy (non-hydrogen) atoms. The number of benzene rings is 1. The second kappa shape index (κ2) is 5.54. The van der Waals surface area contributed by atoms with E-state index in [9.17, 15) is 0 Å². The van der Waals surface area contributed by atoms with E-state index in [0.29, 0.717) is 11.1 Å². The molecule has 1 aromatic heterocycles. The van der Waals surface area contributed by atoms with Crippen molar-refractivity contribution in [2.75, 3.05) is 18.9 Å². The van der Waals surface area contributed by atoms with Gasteiger partial charge in [0.1, 0.15) is 11.5 Å². The van der Waals surface area contributed by atoms with Crippen LogP contribution in [-0.4, -0.2) is 34.4 Å². The molecule has 3 heterocycles. The molecule has 0 radical (unpaired) electrons. The summed E-state index contributed by atoms with van der Waals surface area (Å²) >= 11 is 6.64. The van der Waals surface area contributed by atoms with Crippen molar-refractivity contribution in [2.24, 2.45) is 4.99 Å². The molecule has 1 atom stereocenters. The van der Waals surface area contributed by atoms with Crippen LogP contribution in [0.15, 0.2) is 23.3 Å². The molecule has 1 spiro atoms. The maximum atomic E-state index is 6.64. The van der Waals surface area contributed by atoms with E-state index in [-0.39, 0.29) is 5.41 Å². The Hall–Kier alpha value is -1.92. The van der Waals surface area contributed by atoms with Gasteiger partial charge in [0.05, 0.1) is 28.4 Å². The zero-order chi connectivity index (χ0) is 17.0. The maximum absolute atomic E-state index is 6.64. The molecule has 1 saturated heterocycles. The highest BCUT2D eigenvalue weighted by atomic mass is 35.5. The quantitative estimate of drug-likeness (QED) is 0.867. The summed E-state index contributed by atoms with van der Waals surface area (Å²) in [6, 6.07) is 4.47. The van der Waals surface area contributed by atoms with Crippen LogP contribution in [0, 0.1) is 0 Å². The molecular weight excluding hydrogens is 336 g/mol. The first-order valence-electron chi connectivity index (χ1n) is 8.95. The molecule has 3 aliphatic rings. The summed E-state index contributed by atoms with van der Waals surface area (Å²) in [5.41, 5.74) is 4.25. The molecule has 5 rings (SSSR count). The number of amidine groups is 1. The number of anilines is 1. The van der Waals surface area contributed by atoms with Gasteiger partial charge in [-0.1, -0.05) is 23.2 Å². The van der Waals surface area contributed by atoms with E-state index < -0.39 is 0 Å². The standard InChI is InChI=1S/C18H21ClN6/c1-20-17-18(5-3-6-18)11-8-12(19)16(9-14(11)22-17)25-10-15(23-24-25)13-4-2-7-21-13/h8-10,13,21H,2-7H2,1H3,(H,20,22)/t13-/m0/s1. The Morgan fingerprint density at radius 1 is 1.32 bits per heavy atom. The fourth-order valence-electron chi connectivity index (χ4n) is 4.41. The maximum Gasteiger partial charge on any atom is 0.111 e. The van der Waals surface area contributed by atoms with Crippen LogP contribution in [0.3, 0.4) is 0 Å². The summed E-state index contributed by atoms with van der Waals surface area (Å²) in [6.45, 7) is 1.04. The second-order valence-corrected chi connectivity index (χ2v) is 7.63. The van der Waals surface area contributed by atoms with Gasteiger partial charge in [-0.3, -0.25) is 4.99 Å². The van der Waals surface area contributed by atoms with Crippen molar-refractivity contribution in [3.8, 4) is 5.69 Å². The van der Waals surface area contributed by atoms with E-state index in [1.807, 2.05) is 13.2 Å². The van der Waals surface area contributed by atoms with Crippen molar-refractivity contribution in [3.05, 3.63) is 34.6 Å². The Bertz CT molecular complexity index is 860. The summed E-state index contributed by atoms with van der Waals surface area (Å²) in [5.74, 6) is 1.07. The Morgan fingerprint density at radius 2 is 2.20 bits per heavy atom. The highest BCUT2D eigenvalue weighted by Gasteiger charge is 2.49. The summed E-state index contributed by atoms with van der Waals surface area (Å²) in [7, 11) is 1.86. The lowest BCUT2D eigenvalue weighted by molar-refractivity contribution is 0.347. The van der Waals surface area contributed by atoms with Crippen molar-refractivity contribution in [2.45, 2.75) is 43.6 Å². The van der Waals surface area contributed by atoms with E-state index in [2.05, 4.69) is 38.1 Å². The molecule has 6 nitrogen and oxygen atoms in total. The summed E-state index contributed by atoms with van der Waals surface area (Å²) in [6.07, 6.45) is 7.78. The number of nitrogens with one attached hydrogen (secondary N) is 2. The van der Waals surface area contributed by atoms with Gasteiger partial charge in [-0.15, -0.1) is 5.10 Å². The number of aromatic nitrogens is 3. The van der Waals surface area contributed by atoms with Crippen LogP contribution in [-0.2, 0) is 5.41 Å². The molecular formula is C18H21ClN6. The Morgan fingerprint density at radius 3 is 2.88 bits per heavy atom. The average Bonchev–Trinajstić information content (AvgIpc) is 3.30. The predicted octanol–water partition coefficient (Wildman–Crippen LogP) is 3.22. The fraction of sp³-hybridized carbons (Fsp3) is 0.500. The van der Waals surface area contributed by atoms with E-state index in [1.165, 1.54) is 18.4 Å². The zero-order valence-electron chi connectivity index (χ0n) is 14.2. The summed E-state index contributed by atoms with van der Waals surface area (Å²) in [4.78, 5) is 4.49. The fourth-order valence-corrected chi connectivity index (χ4v) is 4.66. The Balaban J connectivity index is 1.54. The number of hydrogen-bond acceptors (Lipinski definition) is 4. The molecule has 2 N–H and O–H groups in total. The van der Waals surface area contributed by atoms with Gasteiger partial charge in [0.15, 0.2) is 0 Å². The van der Waals surface area contributed by atoms with E-state index >= 15 is 0 Å². The summed E-state index contributed by atoms with van der Waals surface area (Å²) < 4.78 is 1.79. The number of hydrogen-bond donors (Lipinski definition) is 2. The van der Waals surface area contributed by atoms with Crippen LogP contribution < -0.4 is 10.6 Å². The van der Waals surface area contributed by atoms with Crippen LogP contribution in [0.4, 0.5) is 5.69 Å². The molecule has 2 fully saturated rings. The number of rotatable bonds is 2. The van der Waals surface area contributed by atoms with Crippen LogP contribution in [0.5, 0.6) is 0 Å². The molecule has 7 heteroatoms. The molecule has 130 valence electrons. The molecule has 0 amide bonds. The van der Waals surface area contributed by atoms with Crippen LogP contribution in [0.2, 0.25) is 5.02 Å². The first kappa shape index (κ1) is 15.3. The van der Waals surface area contributed by atoms with Gasteiger partial charge in [-0.05, 0) is 49.9 Å². The Labute approximate surface area is 151 Å². The molecule has 1 saturated carbocycles. The minimum Gasteiger partial charge on any atom is -0.343 e. The Kier molecular flexibility index (Phi) is 3.40. The molecule has 0 unspecified atom stereocenters. The van der Waals surface area contributed by atoms with Crippen molar-refractivity contribution < 1.29 is 0 Å². The third-order valence-corrected chi connectivity index (χ3v) is 6.22. The smallest absolute Gasteiger partial charge is 0.111 e. The monoisotopic (exact) mass is 356 g/mol. The van der Waals surface area contributed by atoms with Crippen molar-refractivity contribution in [3.63, 3.8) is 0 Å². The largest absolute Gasteiger partial charge is 0.343 e. The van der Waals surface area contributed by atoms with Crippen molar-refractivity contribution in [1.29, 1.82) is 0 Å². The second-order valence-electron chi connectivity index (χ2n) is 7.22. The van der Waals surface area contributed by atoms with Gasteiger partial charge < -0.3 is 10.6 Å². The zero-order valence-corrected chi connectivity index (χ0v) is 15.0. The summed E-state index contributed by atoms with van der Waals surface area (Å²) in [5, 5.41) is 16.3. The molecule has 0 bridgehead atoms. The molecule has 1 aromatic carbocycles. The molecule has 2 aliphatic heterocycles. The SMILES string of the molecule is CN=C1Nc2cc(-n3cc([C@@H]4CCCN4)nn3)c(Cl)cc2C12CCC2. The van der Waals surface area contributed by atoms with E-state index in [0.717, 1.165) is 48.7 Å². The number of nitrogens with zero attached hydrogens (tertiary/aromatic N) is 4. The lowest BCUT2D eigenvalue weighted by Gasteiger charge is -2.38. The van der Waals surface area contributed by atoms with Gasteiger partial charge in [-0.25, -0.2) is 4.68 Å². The first-order chi connectivity index (χ1) is 12.2. The van der Waals surface area contributed by atoms with Crippen LogP contribution in [0.25, 0.3) is 5.69 Å². The minimum atomic E-state index is 0.0492. The molecule has 2 aromatic rings. The first-order valence-corrected chi connectivity index (χ1v) is 9.33. The number of aliphatic imine (C=N–C) groups is 1. The highest BCUT2D eigenvalue weighted by molar-refractivity contribution is 6.33. The van der Waals surface area contributed by atoms with Crippen molar-refractivity contribution >= 4 is 23.1 Å². The van der Waals surface area contributed by atoms with Gasteiger partial charge in [-0.2, -0.15) is 0 Å². The van der Waals surface area contributed by atoms with Gasteiger partial charge in [0.25, 0.3) is 0 Å². The molecule has 1 aliphatic carbocycles. The third-order valence-electron chi connectivity index (χ3n) is 5.91. The van der Waals surface area contributed by atoms with E-state index in [4.69, 9.17) is 11.6 Å². The predicted molar refractivity (Wildman–Crippen MR) is 98.9 cm³/mol. The van der Waals surface area contributed by atoms with Gasteiger partial charge in [0.2, 0.25) is 0 Å². The lowest BCUT2D eigenvalue weighted by atomic mass is 9.65. The normalized spacial score (nSPS) is 25.2. The van der Waals surface area contributed by atoms with Crippen LogP contribution in [0.1, 0.15) is 49.4 Å². The van der Waals surface area contributed by atoms with Gasteiger partial charge >= 0.3 is 0 Å². The number of halogens is 1.